The zero-order valence-electron chi connectivity index (χ0n) is 11.2. The first-order chi connectivity index (χ1) is 7.92. The summed E-state index contributed by atoms with van der Waals surface area (Å²) in [6.07, 6.45) is 0. The molecule has 17 heavy (non-hydrogen) atoms. The zero-order valence-corrected chi connectivity index (χ0v) is 11.2. The van der Waals surface area contributed by atoms with Crippen molar-refractivity contribution < 1.29 is 9.59 Å². The molecule has 0 aliphatic carbocycles. The van der Waals surface area contributed by atoms with Crippen molar-refractivity contribution in [1.82, 2.24) is 15.1 Å². The molecule has 1 N–H and O–H groups in total. The van der Waals surface area contributed by atoms with E-state index < -0.39 is 5.54 Å². The molecule has 1 fully saturated rings. The van der Waals surface area contributed by atoms with Crippen molar-refractivity contribution in [3.05, 3.63) is 0 Å². The van der Waals surface area contributed by atoms with Crippen LogP contribution in [0.2, 0.25) is 0 Å². The average molecular weight is 241 g/mol. The van der Waals surface area contributed by atoms with Crippen molar-refractivity contribution in [2.45, 2.75) is 33.2 Å². The Morgan fingerprint density at radius 1 is 1.29 bits per heavy atom. The second-order valence-electron chi connectivity index (χ2n) is 4.86. The van der Waals surface area contributed by atoms with E-state index in [0.29, 0.717) is 6.54 Å². The van der Waals surface area contributed by atoms with Crippen LogP contribution in [0.3, 0.4) is 0 Å². The Kier molecular flexibility index (Phi) is 4.65. The van der Waals surface area contributed by atoms with Crippen LogP contribution in [0.4, 0.5) is 0 Å². The molecule has 0 aromatic heterocycles. The van der Waals surface area contributed by atoms with Crippen molar-refractivity contribution in [2.75, 3.05) is 32.7 Å². The lowest BCUT2D eigenvalue weighted by atomic mass is 10.0. The van der Waals surface area contributed by atoms with E-state index in [-0.39, 0.29) is 18.4 Å². The maximum Gasteiger partial charge on any atom is 0.248 e. The highest BCUT2D eigenvalue weighted by Gasteiger charge is 2.39. The average Bonchev–Trinajstić information content (AvgIpc) is 2.30. The van der Waals surface area contributed by atoms with Gasteiger partial charge in [-0.15, -0.1) is 0 Å². The molecule has 1 heterocycles. The predicted octanol–water partition coefficient (Wildman–Crippen LogP) is 0.0652. The zero-order chi connectivity index (χ0) is 13.1. The molecule has 1 aliphatic rings. The molecule has 0 spiro atoms. The summed E-state index contributed by atoms with van der Waals surface area (Å²) in [4.78, 5) is 27.4. The van der Waals surface area contributed by atoms with Gasteiger partial charge in [-0.3, -0.25) is 19.8 Å². The minimum Gasteiger partial charge on any atom is -0.302 e. The molecule has 98 valence electrons. The summed E-state index contributed by atoms with van der Waals surface area (Å²) in [6.45, 7) is 11.1. The molecular weight excluding hydrogens is 218 g/mol. The lowest BCUT2D eigenvalue weighted by molar-refractivity contribution is -0.152. The van der Waals surface area contributed by atoms with Crippen LogP contribution >= 0.6 is 0 Å². The summed E-state index contributed by atoms with van der Waals surface area (Å²) in [5.41, 5.74) is -0.628. The summed E-state index contributed by atoms with van der Waals surface area (Å²) < 4.78 is 0. The molecule has 0 aromatic rings. The highest BCUT2D eigenvalue weighted by atomic mass is 16.2. The van der Waals surface area contributed by atoms with Gasteiger partial charge in [0.15, 0.2) is 0 Å². The minimum atomic E-state index is -0.628. The lowest BCUT2D eigenvalue weighted by Gasteiger charge is -2.37. The normalized spacial score (nSPS) is 20.2. The maximum atomic E-state index is 12.1. The number of likely N-dealkylation sites (N-methyl/N-ethyl adjacent to an activating group) is 1. The topological polar surface area (TPSA) is 52.6 Å². The Morgan fingerprint density at radius 3 is 2.41 bits per heavy atom. The molecule has 0 unspecified atom stereocenters. The Labute approximate surface area is 103 Å². The number of hydrogen-bond donors (Lipinski definition) is 1. The second-order valence-corrected chi connectivity index (χ2v) is 4.86. The maximum absolute atomic E-state index is 12.1. The van der Waals surface area contributed by atoms with Crippen LogP contribution in [0.5, 0.6) is 0 Å². The second kappa shape index (κ2) is 5.60. The van der Waals surface area contributed by atoms with E-state index in [4.69, 9.17) is 0 Å². The summed E-state index contributed by atoms with van der Waals surface area (Å²) in [7, 11) is 0. The SMILES string of the molecule is CCN(CC)CCN1C(=O)CNC(C)(C)C1=O. The summed E-state index contributed by atoms with van der Waals surface area (Å²) >= 11 is 0. The lowest BCUT2D eigenvalue weighted by Crippen LogP contribution is -2.64. The van der Waals surface area contributed by atoms with Gasteiger partial charge in [0, 0.05) is 13.1 Å². The number of carbonyl (C=O) groups excluding carboxylic acids is 2. The van der Waals surface area contributed by atoms with E-state index in [2.05, 4.69) is 24.1 Å². The van der Waals surface area contributed by atoms with E-state index >= 15 is 0 Å². The highest BCUT2D eigenvalue weighted by Crippen LogP contribution is 2.13. The number of hydrogen-bond acceptors (Lipinski definition) is 4. The fourth-order valence-corrected chi connectivity index (χ4v) is 1.93. The number of nitrogens with zero attached hydrogens (tertiary/aromatic N) is 2. The molecule has 0 saturated carbocycles. The predicted molar refractivity (Wildman–Crippen MR) is 66.6 cm³/mol. The number of imide groups is 1. The number of amides is 2. The van der Waals surface area contributed by atoms with Crippen molar-refractivity contribution in [3.63, 3.8) is 0 Å². The Bertz CT molecular complexity index is 298. The van der Waals surface area contributed by atoms with Crippen LogP contribution in [0, 0.1) is 0 Å². The minimum absolute atomic E-state index is 0.124. The summed E-state index contributed by atoms with van der Waals surface area (Å²) in [5.74, 6) is -0.248. The van der Waals surface area contributed by atoms with Crippen LogP contribution in [0.1, 0.15) is 27.7 Å². The number of rotatable bonds is 5. The van der Waals surface area contributed by atoms with E-state index in [1.165, 1.54) is 4.90 Å². The van der Waals surface area contributed by atoms with Gasteiger partial charge in [0.2, 0.25) is 11.8 Å². The first-order valence-electron chi connectivity index (χ1n) is 6.24. The molecule has 1 saturated heterocycles. The quantitative estimate of drug-likeness (QED) is 0.692. The molecule has 0 atom stereocenters. The largest absolute Gasteiger partial charge is 0.302 e. The standard InChI is InChI=1S/C12H23N3O2/c1-5-14(6-2)7-8-15-10(16)9-13-12(3,4)11(15)17/h13H,5-9H2,1-4H3. The third kappa shape index (κ3) is 3.26. The van der Waals surface area contributed by atoms with E-state index in [1.54, 1.807) is 0 Å². The number of carbonyl (C=O) groups is 2. The van der Waals surface area contributed by atoms with Gasteiger partial charge in [-0.2, -0.15) is 0 Å². The van der Waals surface area contributed by atoms with E-state index in [1.807, 2.05) is 13.8 Å². The molecule has 0 radical (unpaired) electrons. The van der Waals surface area contributed by atoms with Gasteiger partial charge in [-0.25, -0.2) is 0 Å². The fraction of sp³-hybridized carbons (Fsp3) is 0.833. The third-order valence-electron chi connectivity index (χ3n) is 3.30. The molecule has 0 aromatic carbocycles. The van der Waals surface area contributed by atoms with E-state index in [9.17, 15) is 9.59 Å². The van der Waals surface area contributed by atoms with Gasteiger partial charge in [-0.05, 0) is 26.9 Å². The molecule has 2 amide bonds. The Morgan fingerprint density at radius 2 is 1.88 bits per heavy atom. The molecule has 5 heteroatoms. The molecule has 5 nitrogen and oxygen atoms in total. The molecular formula is C12H23N3O2. The van der Waals surface area contributed by atoms with Crippen molar-refractivity contribution in [2.24, 2.45) is 0 Å². The Hall–Kier alpha value is -0.940. The fourth-order valence-electron chi connectivity index (χ4n) is 1.93. The third-order valence-corrected chi connectivity index (χ3v) is 3.30. The first-order valence-corrected chi connectivity index (χ1v) is 6.24. The van der Waals surface area contributed by atoms with Crippen molar-refractivity contribution in [1.29, 1.82) is 0 Å². The highest BCUT2D eigenvalue weighted by molar-refractivity contribution is 6.03. The molecule has 1 rings (SSSR count). The van der Waals surface area contributed by atoms with Crippen LogP contribution in [-0.2, 0) is 9.59 Å². The van der Waals surface area contributed by atoms with Crippen LogP contribution in [0.15, 0.2) is 0 Å². The molecule has 0 bridgehead atoms. The van der Waals surface area contributed by atoms with Gasteiger partial charge in [-0.1, -0.05) is 13.8 Å². The number of piperazine rings is 1. The molecule has 1 aliphatic heterocycles. The Balaban J connectivity index is 2.61. The van der Waals surface area contributed by atoms with E-state index in [0.717, 1.165) is 19.6 Å². The van der Waals surface area contributed by atoms with Gasteiger partial charge in [0.1, 0.15) is 0 Å². The summed E-state index contributed by atoms with van der Waals surface area (Å²) in [5, 5.41) is 2.95. The van der Waals surface area contributed by atoms with Crippen molar-refractivity contribution >= 4 is 11.8 Å². The van der Waals surface area contributed by atoms with Crippen LogP contribution in [-0.4, -0.2) is 59.9 Å². The van der Waals surface area contributed by atoms with Crippen LogP contribution in [0.25, 0.3) is 0 Å². The van der Waals surface area contributed by atoms with Crippen LogP contribution < -0.4 is 5.32 Å². The van der Waals surface area contributed by atoms with Gasteiger partial charge < -0.3 is 4.90 Å². The van der Waals surface area contributed by atoms with Crippen molar-refractivity contribution in [3.8, 4) is 0 Å². The first kappa shape index (κ1) is 14.1. The monoisotopic (exact) mass is 241 g/mol. The van der Waals surface area contributed by atoms with Gasteiger partial charge in [0.25, 0.3) is 0 Å². The number of nitrogens with one attached hydrogen (secondary N) is 1. The van der Waals surface area contributed by atoms with Gasteiger partial charge in [0.05, 0.1) is 12.1 Å². The smallest absolute Gasteiger partial charge is 0.248 e. The summed E-state index contributed by atoms with van der Waals surface area (Å²) in [6, 6.07) is 0. The van der Waals surface area contributed by atoms with Gasteiger partial charge >= 0.3 is 0 Å².